The molecule has 0 unspecified atom stereocenters. The van der Waals surface area contributed by atoms with Gasteiger partial charge in [-0.25, -0.2) is 0 Å². The van der Waals surface area contributed by atoms with Crippen molar-refractivity contribution >= 4 is 23.0 Å². The van der Waals surface area contributed by atoms with Crippen LogP contribution in [0.2, 0.25) is 0 Å². The Balaban J connectivity index is 1.84. The highest BCUT2D eigenvalue weighted by Crippen LogP contribution is 2.26. The fourth-order valence-electron chi connectivity index (χ4n) is 2.97. The molecule has 0 saturated carbocycles. The molecule has 28 heavy (non-hydrogen) atoms. The van der Waals surface area contributed by atoms with Crippen LogP contribution in [0.1, 0.15) is 28.4 Å². The molecule has 0 fully saturated rings. The van der Waals surface area contributed by atoms with E-state index in [9.17, 15) is 14.9 Å². The molecule has 2 N–H and O–H groups in total. The smallest absolute Gasteiger partial charge is 0.293 e. The number of nitrogens with zero attached hydrogens (tertiary/aromatic N) is 1. The van der Waals surface area contributed by atoms with Crippen LogP contribution in [0, 0.1) is 10.1 Å². The number of hydrogen-bond acceptors (Lipinski definition) is 4. The Labute approximate surface area is 163 Å². The molecule has 0 bridgehead atoms. The number of nitro benzene ring substituents is 1. The molecule has 3 rings (SSSR count). The number of nitro groups is 1. The van der Waals surface area contributed by atoms with Crippen LogP contribution in [0.5, 0.6) is 0 Å². The van der Waals surface area contributed by atoms with Crippen molar-refractivity contribution in [2.75, 3.05) is 17.2 Å². The van der Waals surface area contributed by atoms with E-state index in [0.29, 0.717) is 24.3 Å². The second kappa shape index (κ2) is 8.81. The molecule has 142 valence electrons. The van der Waals surface area contributed by atoms with E-state index in [1.807, 2.05) is 61.5 Å². The summed E-state index contributed by atoms with van der Waals surface area (Å²) in [5, 5.41) is 17.1. The summed E-state index contributed by atoms with van der Waals surface area (Å²) in [4.78, 5) is 23.5. The van der Waals surface area contributed by atoms with Gasteiger partial charge in [-0.1, -0.05) is 48.5 Å². The summed E-state index contributed by atoms with van der Waals surface area (Å²) in [6.07, 6.45) is 0.677. The second-order valence-electron chi connectivity index (χ2n) is 6.29. The van der Waals surface area contributed by atoms with Gasteiger partial charge in [-0.15, -0.1) is 0 Å². The summed E-state index contributed by atoms with van der Waals surface area (Å²) >= 11 is 0. The molecule has 1 amide bonds. The lowest BCUT2D eigenvalue weighted by atomic mass is 10.0. The van der Waals surface area contributed by atoms with Crippen molar-refractivity contribution in [1.29, 1.82) is 0 Å². The monoisotopic (exact) mass is 375 g/mol. The van der Waals surface area contributed by atoms with Crippen LogP contribution < -0.4 is 10.6 Å². The maximum Gasteiger partial charge on any atom is 0.293 e. The van der Waals surface area contributed by atoms with Gasteiger partial charge in [0.15, 0.2) is 0 Å². The second-order valence-corrected chi connectivity index (χ2v) is 6.29. The summed E-state index contributed by atoms with van der Waals surface area (Å²) in [7, 11) is 0. The predicted molar refractivity (Wildman–Crippen MR) is 111 cm³/mol. The molecule has 0 heterocycles. The standard InChI is InChI=1S/C22H21N3O3/c1-2-23-20-13-12-18(15-21(20)25(27)28)22(26)24-19-11-7-6-10-17(19)14-16-8-4-3-5-9-16/h3-13,15,23H,2,14H2,1H3,(H,24,26). The summed E-state index contributed by atoms with van der Waals surface area (Å²) in [5.74, 6) is -0.383. The van der Waals surface area contributed by atoms with Gasteiger partial charge < -0.3 is 10.6 Å². The van der Waals surface area contributed by atoms with Crippen molar-refractivity contribution in [2.45, 2.75) is 13.3 Å². The van der Waals surface area contributed by atoms with Crippen LogP contribution in [0.3, 0.4) is 0 Å². The quantitative estimate of drug-likeness (QED) is 0.456. The van der Waals surface area contributed by atoms with Gasteiger partial charge in [0.1, 0.15) is 5.69 Å². The van der Waals surface area contributed by atoms with E-state index < -0.39 is 4.92 Å². The van der Waals surface area contributed by atoms with Crippen LogP contribution in [0.4, 0.5) is 17.1 Å². The Morgan fingerprint density at radius 1 is 0.964 bits per heavy atom. The largest absolute Gasteiger partial charge is 0.380 e. The third-order valence-electron chi connectivity index (χ3n) is 4.33. The zero-order valence-electron chi connectivity index (χ0n) is 15.5. The number of anilines is 2. The van der Waals surface area contributed by atoms with Gasteiger partial charge in [-0.05, 0) is 42.7 Å². The van der Waals surface area contributed by atoms with Crippen LogP contribution in [0.25, 0.3) is 0 Å². The van der Waals surface area contributed by atoms with E-state index in [1.54, 1.807) is 12.1 Å². The molecule has 0 aliphatic heterocycles. The van der Waals surface area contributed by atoms with E-state index in [1.165, 1.54) is 6.07 Å². The van der Waals surface area contributed by atoms with Crippen LogP contribution >= 0.6 is 0 Å². The first-order valence-corrected chi connectivity index (χ1v) is 9.04. The lowest BCUT2D eigenvalue weighted by molar-refractivity contribution is -0.384. The van der Waals surface area contributed by atoms with E-state index in [0.717, 1.165) is 11.1 Å². The molecule has 0 radical (unpaired) electrons. The Kier molecular flexibility index (Phi) is 6.01. The minimum absolute atomic E-state index is 0.118. The van der Waals surface area contributed by atoms with Crippen molar-refractivity contribution in [3.63, 3.8) is 0 Å². The lowest BCUT2D eigenvalue weighted by Gasteiger charge is -2.12. The zero-order chi connectivity index (χ0) is 19.9. The van der Waals surface area contributed by atoms with Crippen LogP contribution in [-0.4, -0.2) is 17.4 Å². The average molecular weight is 375 g/mol. The molecule has 0 spiro atoms. The highest BCUT2D eigenvalue weighted by atomic mass is 16.6. The lowest BCUT2D eigenvalue weighted by Crippen LogP contribution is -2.14. The van der Waals surface area contributed by atoms with Crippen LogP contribution in [0.15, 0.2) is 72.8 Å². The maximum atomic E-state index is 12.7. The number of carbonyl (C=O) groups is 1. The third-order valence-corrected chi connectivity index (χ3v) is 4.33. The first kappa shape index (κ1) is 19.1. The predicted octanol–water partition coefficient (Wildman–Crippen LogP) is 4.87. The fraction of sp³-hybridized carbons (Fsp3) is 0.136. The Hall–Kier alpha value is -3.67. The molecule has 0 aliphatic rings. The third kappa shape index (κ3) is 4.54. The average Bonchev–Trinajstić information content (AvgIpc) is 2.70. The van der Waals surface area contributed by atoms with Crippen molar-refractivity contribution in [2.24, 2.45) is 0 Å². The minimum atomic E-state index is -0.488. The molecule has 3 aromatic rings. The van der Waals surface area contributed by atoms with Gasteiger partial charge in [0, 0.05) is 23.9 Å². The SMILES string of the molecule is CCNc1ccc(C(=O)Nc2ccccc2Cc2ccccc2)cc1[N+](=O)[O-]. The van der Waals surface area contributed by atoms with Crippen LogP contribution in [-0.2, 0) is 6.42 Å². The summed E-state index contributed by atoms with van der Waals surface area (Å²) in [6.45, 7) is 2.41. The first-order valence-electron chi connectivity index (χ1n) is 9.04. The molecular weight excluding hydrogens is 354 g/mol. The Morgan fingerprint density at radius 3 is 2.39 bits per heavy atom. The summed E-state index contributed by atoms with van der Waals surface area (Å²) < 4.78 is 0. The molecular formula is C22H21N3O3. The van der Waals surface area contributed by atoms with Gasteiger partial charge in [0.25, 0.3) is 11.6 Å². The van der Waals surface area contributed by atoms with Crippen molar-refractivity contribution in [3.05, 3.63) is 99.6 Å². The zero-order valence-corrected chi connectivity index (χ0v) is 15.5. The first-order chi connectivity index (χ1) is 13.6. The van der Waals surface area contributed by atoms with Crippen molar-refractivity contribution in [1.82, 2.24) is 0 Å². The maximum absolute atomic E-state index is 12.7. The number of carbonyl (C=O) groups excluding carboxylic acids is 1. The highest BCUT2D eigenvalue weighted by molar-refractivity contribution is 6.05. The number of benzene rings is 3. The van der Waals surface area contributed by atoms with Gasteiger partial charge in [-0.3, -0.25) is 14.9 Å². The normalized spacial score (nSPS) is 10.3. The number of para-hydroxylation sites is 1. The Morgan fingerprint density at radius 2 is 1.68 bits per heavy atom. The van der Waals surface area contributed by atoms with Gasteiger partial charge in [0.05, 0.1) is 4.92 Å². The molecule has 6 nitrogen and oxygen atoms in total. The Bertz CT molecular complexity index is 987. The topological polar surface area (TPSA) is 84.3 Å². The number of nitrogens with one attached hydrogen (secondary N) is 2. The number of rotatable bonds is 7. The summed E-state index contributed by atoms with van der Waals surface area (Å²) in [6, 6.07) is 22.0. The number of hydrogen-bond donors (Lipinski definition) is 2. The molecule has 3 aromatic carbocycles. The fourth-order valence-corrected chi connectivity index (χ4v) is 2.97. The van der Waals surface area contributed by atoms with E-state index in [2.05, 4.69) is 10.6 Å². The molecule has 0 aromatic heterocycles. The van der Waals surface area contributed by atoms with Gasteiger partial charge in [-0.2, -0.15) is 0 Å². The highest BCUT2D eigenvalue weighted by Gasteiger charge is 2.18. The minimum Gasteiger partial charge on any atom is -0.380 e. The van der Waals surface area contributed by atoms with E-state index >= 15 is 0 Å². The van der Waals surface area contributed by atoms with Gasteiger partial charge >= 0.3 is 0 Å². The summed E-state index contributed by atoms with van der Waals surface area (Å²) in [5.41, 5.74) is 3.31. The number of amides is 1. The van der Waals surface area contributed by atoms with Crippen molar-refractivity contribution in [3.8, 4) is 0 Å². The van der Waals surface area contributed by atoms with E-state index in [-0.39, 0.29) is 17.2 Å². The van der Waals surface area contributed by atoms with E-state index in [4.69, 9.17) is 0 Å². The molecule has 6 heteroatoms. The van der Waals surface area contributed by atoms with Gasteiger partial charge in [0.2, 0.25) is 0 Å². The molecule has 0 atom stereocenters. The van der Waals surface area contributed by atoms with Crippen molar-refractivity contribution < 1.29 is 9.72 Å². The molecule has 0 aliphatic carbocycles. The molecule has 0 saturated heterocycles.